The fourth-order valence-electron chi connectivity index (χ4n) is 1.71. The highest BCUT2D eigenvalue weighted by Crippen LogP contribution is 2.26. The molecule has 108 valence electrons. The molecule has 0 aliphatic carbocycles. The Hall–Kier alpha value is -0.890. The minimum absolute atomic E-state index is 0.00537. The molecule has 0 aliphatic heterocycles. The number of rotatable bonds is 7. The quantitative estimate of drug-likeness (QED) is 0.820. The van der Waals surface area contributed by atoms with Gasteiger partial charge in [0.1, 0.15) is 9.88 Å². The standard InChI is InChI=1S/C13H16N2O2S3/c1-18-8-10(2-4-16)15-12(17)11-6-14-13(20-11)9-3-5-19-7-9/h3,5-7,10,16H,2,4,8H2,1H3,(H,15,17). The van der Waals surface area contributed by atoms with Crippen molar-refractivity contribution in [2.45, 2.75) is 12.5 Å². The number of hydrogen-bond acceptors (Lipinski definition) is 6. The Labute approximate surface area is 130 Å². The molecule has 0 aromatic carbocycles. The Bertz CT molecular complexity index is 534. The molecular weight excluding hydrogens is 312 g/mol. The SMILES string of the molecule is CSCC(CCO)NC(=O)c1cnc(-c2ccsc2)s1. The maximum atomic E-state index is 12.2. The van der Waals surface area contributed by atoms with Gasteiger partial charge in [0.25, 0.3) is 5.91 Å². The van der Waals surface area contributed by atoms with Gasteiger partial charge >= 0.3 is 0 Å². The molecule has 0 saturated carbocycles. The van der Waals surface area contributed by atoms with E-state index in [2.05, 4.69) is 10.3 Å². The van der Waals surface area contributed by atoms with Gasteiger partial charge in [-0.05, 0) is 24.1 Å². The third-order valence-corrected chi connectivity index (χ3v) is 5.14. The molecule has 0 bridgehead atoms. The number of nitrogens with zero attached hydrogens (tertiary/aromatic N) is 1. The Morgan fingerprint density at radius 3 is 3.10 bits per heavy atom. The molecule has 2 aromatic rings. The normalized spacial score (nSPS) is 12.3. The molecule has 0 fully saturated rings. The average molecular weight is 328 g/mol. The van der Waals surface area contributed by atoms with Gasteiger partial charge in [0.2, 0.25) is 0 Å². The van der Waals surface area contributed by atoms with Crippen LogP contribution in [0.25, 0.3) is 10.6 Å². The van der Waals surface area contributed by atoms with Gasteiger partial charge in [0, 0.05) is 29.3 Å². The minimum atomic E-state index is -0.114. The summed E-state index contributed by atoms with van der Waals surface area (Å²) in [5.41, 5.74) is 1.05. The molecule has 1 unspecified atom stereocenters. The van der Waals surface area contributed by atoms with Crippen molar-refractivity contribution in [3.05, 3.63) is 27.9 Å². The van der Waals surface area contributed by atoms with Crippen LogP contribution in [0, 0.1) is 0 Å². The van der Waals surface area contributed by atoms with Crippen LogP contribution < -0.4 is 5.32 Å². The largest absolute Gasteiger partial charge is 0.396 e. The second-order valence-electron chi connectivity index (χ2n) is 4.18. The van der Waals surface area contributed by atoms with Gasteiger partial charge in [0.15, 0.2) is 0 Å². The van der Waals surface area contributed by atoms with E-state index in [4.69, 9.17) is 5.11 Å². The molecule has 0 saturated heterocycles. The number of aliphatic hydroxyl groups excluding tert-OH is 1. The second-order valence-corrected chi connectivity index (χ2v) is 6.90. The van der Waals surface area contributed by atoms with E-state index < -0.39 is 0 Å². The first kappa shape index (κ1) is 15.5. The third-order valence-electron chi connectivity index (χ3n) is 2.68. The summed E-state index contributed by atoms with van der Waals surface area (Å²) in [7, 11) is 0. The fourth-order valence-corrected chi connectivity index (χ4v) is 3.89. The zero-order chi connectivity index (χ0) is 14.4. The molecule has 0 spiro atoms. The predicted molar refractivity (Wildman–Crippen MR) is 86.8 cm³/mol. The second kappa shape index (κ2) is 7.78. The number of thioether (sulfide) groups is 1. The number of carbonyl (C=O) groups is 1. The van der Waals surface area contributed by atoms with Gasteiger partial charge in [0.05, 0.1) is 6.20 Å². The summed E-state index contributed by atoms with van der Waals surface area (Å²) in [6.07, 6.45) is 4.17. The summed E-state index contributed by atoms with van der Waals surface area (Å²) >= 11 is 4.66. The maximum absolute atomic E-state index is 12.2. The van der Waals surface area contributed by atoms with Gasteiger partial charge in [-0.25, -0.2) is 4.98 Å². The van der Waals surface area contributed by atoms with E-state index in [0.29, 0.717) is 11.3 Å². The van der Waals surface area contributed by atoms with Gasteiger partial charge < -0.3 is 10.4 Å². The lowest BCUT2D eigenvalue weighted by molar-refractivity contribution is 0.0939. The topological polar surface area (TPSA) is 62.2 Å². The first-order valence-electron chi connectivity index (χ1n) is 6.13. The molecule has 2 heterocycles. The van der Waals surface area contributed by atoms with Gasteiger partial charge in [-0.1, -0.05) is 0 Å². The van der Waals surface area contributed by atoms with Crippen LogP contribution in [0.3, 0.4) is 0 Å². The van der Waals surface area contributed by atoms with Crippen LogP contribution in [0.2, 0.25) is 0 Å². The van der Waals surface area contributed by atoms with Crippen molar-refractivity contribution in [3.8, 4) is 10.6 Å². The van der Waals surface area contributed by atoms with Crippen molar-refractivity contribution in [2.24, 2.45) is 0 Å². The fraction of sp³-hybridized carbons (Fsp3) is 0.385. The van der Waals surface area contributed by atoms with Crippen LogP contribution in [0.4, 0.5) is 0 Å². The molecule has 0 radical (unpaired) electrons. The number of thiazole rings is 1. The first-order chi connectivity index (χ1) is 9.74. The molecule has 2 rings (SSSR count). The summed E-state index contributed by atoms with van der Waals surface area (Å²) in [5.74, 6) is 0.680. The zero-order valence-corrected chi connectivity index (χ0v) is 13.5. The average Bonchev–Trinajstić information content (AvgIpc) is 3.10. The van der Waals surface area contributed by atoms with E-state index >= 15 is 0 Å². The summed E-state index contributed by atoms with van der Waals surface area (Å²) < 4.78 is 0. The monoisotopic (exact) mass is 328 g/mol. The minimum Gasteiger partial charge on any atom is -0.396 e. The molecule has 2 N–H and O–H groups in total. The molecule has 4 nitrogen and oxygen atoms in total. The van der Waals surface area contributed by atoms with E-state index in [0.717, 1.165) is 16.3 Å². The van der Waals surface area contributed by atoms with Crippen LogP contribution >= 0.6 is 34.4 Å². The van der Waals surface area contributed by atoms with Crippen molar-refractivity contribution in [1.82, 2.24) is 10.3 Å². The van der Waals surface area contributed by atoms with Crippen LogP contribution in [0.1, 0.15) is 16.1 Å². The highest BCUT2D eigenvalue weighted by molar-refractivity contribution is 7.98. The highest BCUT2D eigenvalue weighted by Gasteiger charge is 2.16. The van der Waals surface area contributed by atoms with Crippen LogP contribution in [0.5, 0.6) is 0 Å². The summed E-state index contributed by atoms with van der Waals surface area (Å²) in [5, 5.41) is 16.8. The summed E-state index contributed by atoms with van der Waals surface area (Å²) in [6, 6.07) is 1.99. The number of aromatic nitrogens is 1. The Kier molecular flexibility index (Phi) is 6.03. The lowest BCUT2D eigenvalue weighted by Crippen LogP contribution is -2.36. The maximum Gasteiger partial charge on any atom is 0.263 e. The smallest absolute Gasteiger partial charge is 0.263 e. The predicted octanol–water partition coefficient (Wildman–Crippen LogP) is 2.72. The third kappa shape index (κ3) is 4.05. The molecular formula is C13H16N2O2S3. The van der Waals surface area contributed by atoms with Gasteiger partial charge in [-0.15, -0.1) is 11.3 Å². The van der Waals surface area contributed by atoms with Crippen molar-refractivity contribution in [1.29, 1.82) is 0 Å². The van der Waals surface area contributed by atoms with Gasteiger partial charge in [-0.2, -0.15) is 23.1 Å². The molecule has 7 heteroatoms. The van der Waals surface area contributed by atoms with Crippen molar-refractivity contribution in [3.63, 3.8) is 0 Å². The Balaban J connectivity index is 2.02. The van der Waals surface area contributed by atoms with E-state index in [1.165, 1.54) is 11.3 Å². The molecule has 1 atom stereocenters. The van der Waals surface area contributed by atoms with Crippen LogP contribution in [0.15, 0.2) is 23.0 Å². The van der Waals surface area contributed by atoms with E-state index in [-0.39, 0.29) is 18.6 Å². The van der Waals surface area contributed by atoms with Crippen LogP contribution in [-0.4, -0.2) is 40.7 Å². The van der Waals surface area contributed by atoms with Crippen molar-refractivity contribution in [2.75, 3.05) is 18.6 Å². The Morgan fingerprint density at radius 2 is 2.45 bits per heavy atom. The summed E-state index contributed by atoms with van der Waals surface area (Å²) in [4.78, 5) is 17.1. The lowest BCUT2D eigenvalue weighted by atomic mass is 10.2. The summed E-state index contributed by atoms with van der Waals surface area (Å²) in [6.45, 7) is 0.0777. The molecule has 20 heavy (non-hydrogen) atoms. The van der Waals surface area contributed by atoms with E-state index in [1.54, 1.807) is 29.3 Å². The highest BCUT2D eigenvalue weighted by atomic mass is 32.2. The van der Waals surface area contributed by atoms with Crippen LogP contribution in [-0.2, 0) is 0 Å². The zero-order valence-electron chi connectivity index (χ0n) is 11.0. The van der Waals surface area contributed by atoms with Gasteiger partial charge in [-0.3, -0.25) is 4.79 Å². The lowest BCUT2D eigenvalue weighted by Gasteiger charge is -2.15. The van der Waals surface area contributed by atoms with E-state index in [1.807, 2.05) is 23.1 Å². The number of aliphatic hydroxyl groups is 1. The number of carbonyl (C=O) groups excluding carboxylic acids is 1. The number of hydrogen-bond donors (Lipinski definition) is 2. The number of amides is 1. The molecule has 2 aromatic heterocycles. The van der Waals surface area contributed by atoms with E-state index in [9.17, 15) is 4.79 Å². The molecule has 0 aliphatic rings. The molecule has 1 amide bonds. The van der Waals surface area contributed by atoms with Crippen molar-refractivity contribution < 1.29 is 9.90 Å². The van der Waals surface area contributed by atoms with Crippen molar-refractivity contribution >= 4 is 40.3 Å². The Morgan fingerprint density at radius 1 is 1.60 bits per heavy atom. The number of nitrogens with one attached hydrogen (secondary N) is 1. The first-order valence-corrected chi connectivity index (χ1v) is 9.29. The number of thiophene rings is 1.